The van der Waals surface area contributed by atoms with E-state index in [1.165, 1.54) is 0 Å². The molecule has 0 amide bonds. The van der Waals surface area contributed by atoms with Crippen LogP contribution in [0.25, 0.3) is 0 Å². The fourth-order valence-corrected chi connectivity index (χ4v) is 3.95. The molecule has 3 aliphatic rings. The van der Waals surface area contributed by atoms with Gasteiger partial charge in [-0.05, 0) is 19.3 Å². The molecule has 0 aromatic rings. The van der Waals surface area contributed by atoms with E-state index in [0.717, 1.165) is 15.3 Å². The number of hydrogen-bond donors (Lipinski definition) is 0. The van der Waals surface area contributed by atoms with Crippen LogP contribution >= 0.6 is 38.5 Å². The maximum atomic E-state index is 11.6. The third-order valence-electron chi connectivity index (χ3n) is 2.97. The van der Waals surface area contributed by atoms with Crippen LogP contribution in [0.15, 0.2) is 10.6 Å². The molecular weight excluding hydrogens is 347 g/mol. The van der Waals surface area contributed by atoms with Gasteiger partial charge in [-0.25, -0.2) is 0 Å². The predicted octanol–water partition coefficient (Wildman–Crippen LogP) is 2.65. The van der Waals surface area contributed by atoms with Crippen molar-refractivity contribution >= 4 is 44.5 Å². The minimum Gasteiger partial charge on any atom is -0.456 e. The first-order valence-corrected chi connectivity index (χ1v) is 6.55. The molecule has 2 aliphatic heterocycles. The maximum absolute atomic E-state index is 11.6. The monoisotopic (exact) mass is 356 g/mol. The quantitative estimate of drug-likeness (QED) is 0.410. The van der Waals surface area contributed by atoms with Gasteiger partial charge in [0.15, 0.2) is 0 Å². The zero-order valence-electron chi connectivity index (χ0n) is 7.22. The molecule has 3 atom stereocenters. The number of rotatable bonds is 1. The summed E-state index contributed by atoms with van der Waals surface area (Å²) in [5.41, 5.74) is -0.394. The molecule has 2 heterocycles. The van der Waals surface area contributed by atoms with Crippen LogP contribution in [-0.2, 0) is 9.53 Å². The van der Waals surface area contributed by atoms with Gasteiger partial charge < -0.3 is 4.74 Å². The topological polar surface area (TPSA) is 26.3 Å². The molecule has 0 aromatic heterocycles. The van der Waals surface area contributed by atoms with Gasteiger partial charge in [-0.15, -0.1) is 0 Å². The second kappa shape index (κ2) is 3.22. The molecule has 0 N–H and O–H groups in total. The van der Waals surface area contributed by atoms with Crippen LogP contribution in [0, 0.1) is 11.3 Å². The van der Waals surface area contributed by atoms with Crippen molar-refractivity contribution < 1.29 is 9.53 Å². The van der Waals surface area contributed by atoms with Crippen molar-refractivity contribution in [1.29, 1.82) is 0 Å². The second-order valence-corrected chi connectivity index (χ2v) is 5.59. The average Bonchev–Trinajstić information content (AvgIpc) is 2.07. The highest BCUT2D eigenvalue weighted by Crippen LogP contribution is 2.48. The minimum atomic E-state index is -0.394. The molecule has 2 bridgehead atoms. The zero-order chi connectivity index (χ0) is 9.64. The lowest BCUT2D eigenvalue weighted by molar-refractivity contribution is -0.169. The zero-order valence-corrected chi connectivity index (χ0v) is 11.0. The van der Waals surface area contributed by atoms with Crippen LogP contribution in [0.5, 0.6) is 0 Å². The lowest BCUT2D eigenvalue weighted by atomic mass is 9.69. The highest BCUT2D eigenvalue weighted by molar-refractivity contribution is 14.1. The Bertz CT molecular complexity index is 289. The summed E-state index contributed by atoms with van der Waals surface area (Å²) in [6.45, 7) is 1.97. The Morgan fingerprint density at radius 2 is 2.54 bits per heavy atom. The van der Waals surface area contributed by atoms with Crippen molar-refractivity contribution in [2.24, 2.45) is 11.3 Å². The van der Waals surface area contributed by atoms with E-state index < -0.39 is 5.41 Å². The summed E-state index contributed by atoms with van der Waals surface area (Å²) in [6.07, 6.45) is 2.97. The molecule has 0 aromatic carbocycles. The standard InChI is InChI=1S/C9H10BrIO2/c1-9-3-6(10)7(13-8(9)12)2-5(9)4-11/h3,5,7H,2,4H2,1H3/t5-,7+,9+/m0/s1. The van der Waals surface area contributed by atoms with Crippen LogP contribution in [-0.4, -0.2) is 16.5 Å². The van der Waals surface area contributed by atoms with Gasteiger partial charge in [-0.3, -0.25) is 4.79 Å². The Labute approximate surface area is 99.4 Å². The predicted molar refractivity (Wildman–Crippen MR) is 62.0 cm³/mol. The number of carbonyl (C=O) groups is 1. The first kappa shape index (κ1) is 9.96. The molecule has 0 saturated carbocycles. The number of esters is 1. The van der Waals surface area contributed by atoms with Gasteiger partial charge in [0.25, 0.3) is 0 Å². The molecule has 0 radical (unpaired) electrons. The Morgan fingerprint density at radius 1 is 1.85 bits per heavy atom. The number of halogens is 2. The van der Waals surface area contributed by atoms with Crippen LogP contribution in [0.3, 0.4) is 0 Å². The molecule has 1 fully saturated rings. The first-order chi connectivity index (χ1) is 6.08. The number of fused-ring (bicyclic) bond motifs is 2. The summed E-state index contributed by atoms with van der Waals surface area (Å²) in [4.78, 5) is 11.6. The van der Waals surface area contributed by atoms with Gasteiger partial charge >= 0.3 is 5.97 Å². The smallest absolute Gasteiger partial charge is 0.316 e. The van der Waals surface area contributed by atoms with E-state index in [1.807, 2.05) is 13.0 Å². The summed E-state index contributed by atoms with van der Waals surface area (Å²) >= 11 is 5.79. The van der Waals surface area contributed by atoms with Gasteiger partial charge in [0.1, 0.15) is 6.10 Å². The third-order valence-corrected chi connectivity index (χ3v) is 4.77. The Morgan fingerprint density at radius 3 is 3.15 bits per heavy atom. The molecule has 2 nitrogen and oxygen atoms in total. The van der Waals surface area contributed by atoms with Crippen molar-refractivity contribution in [2.75, 3.05) is 4.43 Å². The molecule has 72 valence electrons. The summed E-state index contributed by atoms with van der Waals surface area (Å²) in [5.74, 6) is 0.370. The van der Waals surface area contributed by atoms with Gasteiger partial charge in [0.2, 0.25) is 0 Å². The van der Waals surface area contributed by atoms with E-state index in [4.69, 9.17) is 4.74 Å². The number of carbonyl (C=O) groups excluding carboxylic acids is 1. The molecule has 4 heteroatoms. The Kier molecular flexibility index (Phi) is 2.47. The Hall–Kier alpha value is 0.420. The Balaban J connectivity index is 2.42. The largest absolute Gasteiger partial charge is 0.456 e. The summed E-state index contributed by atoms with van der Waals surface area (Å²) < 4.78 is 7.32. The van der Waals surface area contributed by atoms with Gasteiger partial charge in [0.05, 0.1) is 5.41 Å². The van der Waals surface area contributed by atoms with Gasteiger partial charge in [-0.1, -0.05) is 44.6 Å². The number of ether oxygens (including phenoxy) is 1. The van der Waals surface area contributed by atoms with E-state index in [1.54, 1.807) is 0 Å². The number of alkyl halides is 1. The van der Waals surface area contributed by atoms with Crippen LogP contribution in [0.1, 0.15) is 13.3 Å². The van der Waals surface area contributed by atoms with E-state index >= 15 is 0 Å². The second-order valence-electron chi connectivity index (χ2n) is 3.79. The fraction of sp³-hybridized carbons (Fsp3) is 0.667. The molecule has 0 spiro atoms. The summed E-state index contributed by atoms with van der Waals surface area (Å²) in [5, 5.41) is 0. The van der Waals surface area contributed by atoms with E-state index in [2.05, 4.69) is 38.5 Å². The molecule has 0 unspecified atom stereocenters. The first-order valence-electron chi connectivity index (χ1n) is 4.23. The maximum Gasteiger partial charge on any atom is 0.316 e. The van der Waals surface area contributed by atoms with Crippen molar-refractivity contribution in [3.63, 3.8) is 0 Å². The van der Waals surface area contributed by atoms with Crippen molar-refractivity contribution in [1.82, 2.24) is 0 Å². The molecule has 13 heavy (non-hydrogen) atoms. The van der Waals surface area contributed by atoms with Crippen LogP contribution in [0.4, 0.5) is 0 Å². The van der Waals surface area contributed by atoms with Gasteiger partial charge in [0, 0.05) is 8.91 Å². The fourth-order valence-electron chi connectivity index (χ4n) is 1.92. The third kappa shape index (κ3) is 1.37. The summed E-state index contributed by atoms with van der Waals surface area (Å²) in [7, 11) is 0. The average molecular weight is 357 g/mol. The van der Waals surface area contributed by atoms with E-state index in [-0.39, 0.29) is 12.1 Å². The molecule has 3 rings (SSSR count). The minimum absolute atomic E-state index is 0.0194. The molecular formula is C9H10BrIO2. The highest BCUT2D eigenvalue weighted by Gasteiger charge is 2.51. The number of hydrogen-bond acceptors (Lipinski definition) is 2. The lowest BCUT2D eigenvalue weighted by Gasteiger charge is -2.44. The SMILES string of the molecule is C[C@@]12C=C(Br)[C@@H](C[C@H]1CI)OC2=O. The van der Waals surface area contributed by atoms with Crippen molar-refractivity contribution in [3.05, 3.63) is 10.6 Å². The van der Waals surface area contributed by atoms with Crippen LogP contribution < -0.4 is 0 Å². The van der Waals surface area contributed by atoms with E-state index in [0.29, 0.717) is 5.92 Å². The molecule has 1 aliphatic carbocycles. The summed E-state index contributed by atoms with van der Waals surface area (Å²) in [6, 6.07) is 0. The normalized spacial score (nSPS) is 43.0. The van der Waals surface area contributed by atoms with Crippen molar-refractivity contribution in [3.8, 4) is 0 Å². The lowest BCUT2D eigenvalue weighted by Crippen LogP contribution is -2.49. The van der Waals surface area contributed by atoms with Crippen molar-refractivity contribution in [2.45, 2.75) is 19.4 Å². The molecule has 1 saturated heterocycles. The van der Waals surface area contributed by atoms with Crippen LogP contribution in [0.2, 0.25) is 0 Å². The van der Waals surface area contributed by atoms with Gasteiger partial charge in [-0.2, -0.15) is 0 Å². The van der Waals surface area contributed by atoms with E-state index in [9.17, 15) is 4.79 Å². The highest BCUT2D eigenvalue weighted by atomic mass is 127.